The zero-order valence-electron chi connectivity index (χ0n) is 10.1. The smallest absolute Gasteiger partial charge is 0.220 e. The zero-order valence-corrected chi connectivity index (χ0v) is 11.0. The first-order chi connectivity index (χ1) is 6.74. The Labute approximate surface area is 99.8 Å². The number of carbonyl (C=O) groups excluding carboxylic acids is 1. The number of nitrogens with one attached hydrogen (secondary N) is 2. The van der Waals surface area contributed by atoms with E-state index in [4.69, 9.17) is 0 Å². The maximum atomic E-state index is 11.4. The topological polar surface area (TPSA) is 41.1 Å². The van der Waals surface area contributed by atoms with Crippen LogP contribution in [0.1, 0.15) is 46.0 Å². The molecular weight excluding hydrogens is 212 g/mol. The first kappa shape index (κ1) is 17.1. The summed E-state index contributed by atoms with van der Waals surface area (Å²) in [7, 11) is 1.91. The second-order valence-corrected chi connectivity index (χ2v) is 3.67. The van der Waals surface area contributed by atoms with Gasteiger partial charge in [0.15, 0.2) is 0 Å². The Hall–Kier alpha value is -0.280. The lowest BCUT2D eigenvalue weighted by molar-refractivity contribution is -0.121. The molecule has 1 unspecified atom stereocenters. The largest absolute Gasteiger partial charge is 0.353 e. The van der Waals surface area contributed by atoms with E-state index < -0.39 is 0 Å². The van der Waals surface area contributed by atoms with E-state index in [1.165, 1.54) is 0 Å². The summed E-state index contributed by atoms with van der Waals surface area (Å²) in [6.45, 7) is 5.18. The average molecular weight is 237 g/mol. The Bertz CT molecular complexity index is 154. The molecule has 0 fully saturated rings. The van der Waals surface area contributed by atoms with E-state index in [2.05, 4.69) is 24.5 Å². The Morgan fingerprint density at radius 2 is 2.00 bits per heavy atom. The predicted molar refractivity (Wildman–Crippen MR) is 67.5 cm³/mol. The number of carbonyl (C=O) groups is 1. The molecule has 0 saturated carbocycles. The van der Waals surface area contributed by atoms with Gasteiger partial charge < -0.3 is 10.6 Å². The van der Waals surface area contributed by atoms with Crippen LogP contribution in [0.5, 0.6) is 0 Å². The van der Waals surface area contributed by atoms with Gasteiger partial charge in [-0.05, 0) is 32.9 Å². The Morgan fingerprint density at radius 1 is 1.33 bits per heavy atom. The minimum absolute atomic E-state index is 0. The van der Waals surface area contributed by atoms with Crippen LogP contribution in [0.15, 0.2) is 0 Å². The summed E-state index contributed by atoms with van der Waals surface area (Å²) >= 11 is 0. The first-order valence-corrected chi connectivity index (χ1v) is 5.68. The van der Waals surface area contributed by atoms with Gasteiger partial charge in [-0.25, -0.2) is 0 Å². The Kier molecular flexibility index (Phi) is 13.5. The highest BCUT2D eigenvalue weighted by Crippen LogP contribution is 2.01. The van der Waals surface area contributed by atoms with Crippen LogP contribution in [0.4, 0.5) is 0 Å². The van der Waals surface area contributed by atoms with E-state index >= 15 is 0 Å². The van der Waals surface area contributed by atoms with Gasteiger partial charge in [-0.3, -0.25) is 4.79 Å². The number of rotatable bonds is 8. The van der Waals surface area contributed by atoms with Crippen molar-refractivity contribution in [1.29, 1.82) is 0 Å². The summed E-state index contributed by atoms with van der Waals surface area (Å²) in [6, 6.07) is 0.377. The Balaban J connectivity index is 0. The Morgan fingerprint density at radius 3 is 2.47 bits per heavy atom. The third-order valence-electron chi connectivity index (χ3n) is 2.33. The third kappa shape index (κ3) is 10.0. The minimum Gasteiger partial charge on any atom is -0.353 e. The molecule has 0 rings (SSSR count). The van der Waals surface area contributed by atoms with E-state index in [0.717, 1.165) is 32.2 Å². The molecule has 1 amide bonds. The number of hydrogen-bond acceptors (Lipinski definition) is 2. The summed E-state index contributed by atoms with van der Waals surface area (Å²) in [5.74, 6) is 0.195. The van der Waals surface area contributed by atoms with Crippen molar-refractivity contribution in [3.63, 3.8) is 0 Å². The highest BCUT2D eigenvalue weighted by atomic mass is 35.5. The van der Waals surface area contributed by atoms with Gasteiger partial charge in [0.25, 0.3) is 0 Å². The van der Waals surface area contributed by atoms with Gasteiger partial charge in [0.05, 0.1) is 0 Å². The van der Waals surface area contributed by atoms with Gasteiger partial charge in [-0.15, -0.1) is 12.4 Å². The molecule has 0 heterocycles. The highest BCUT2D eigenvalue weighted by Gasteiger charge is 2.08. The molecule has 2 N–H and O–H groups in total. The third-order valence-corrected chi connectivity index (χ3v) is 2.33. The summed E-state index contributed by atoms with van der Waals surface area (Å²) in [5, 5.41) is 6.10. The normalized spacial score (nSPS) is 11.7. The molecule has 15 heavy (non-hydrogen) atoms. The predicted octanol–water partition coefficient (Wildman–Crippen LogP) is 2.10. The molecule has 1 atom stereocenters. The molecule has 0 aromatic rings. The van der Waals surface area contributed by atoms with Crippen LogP contribution in [0.25, 0.3) is 0 Å². The van der Waals surface area contributed by atoms with Crippen molar-refractivity contribution in [2.24, 2.45) is 0 Å². The van der Waals surface area contributed by atoms with Crippen LogP contribution in [0, 0.1) is 0 Å². The number of hydrogen-bond donors (Lipinski definition) is 2. The number of halogens is 1. The molecule has 4 heteroatoms. The fourth-order valence-corrected chi connectivity index (χ4v) is 1.45. The van der Waals surface area contributed by atoms with Crippen molar-refractivity contribution in [2.75, 3.05) is 13.6 Å². The first-order valence-electron chi connectivity index (χ1n) is 5.68. The molecule has 0 saturated heterocycles. The van der Waals surface area contributed by atoms with Crippen LogP contribution in [-0.2, 0) is 4.79 Å². The van der Waals surface area contributed by atoms with Crippen molar-refractivity contribution in [2.45, 2.75) is 52.0 Å². The van der Waals surface area contributed by atoms with Crippen LogP contribution < -0.4 is 10.6 Å². The summed E-state index contributed by atoms with van der Waals surface area (Å²) < 4.78 is 0. The minimum atomic E-state index is 0. The van der Waals surface area contributed by atoms with Gasteiger partial charge in [0, 0.05) is 12.5 Å². The van der Waals surface area contributed by atoms with Gasteiger partial charge in [0.2, 0.25) is 5.91 Å². The molecule has 0 aromatic carbocycles. The van der Waals surface area contributed by atoms with Crippen molar-refractivity contribution in [3.05, 3.63) is 0 Å². The molecule has 0 aromatic heterocycles. The van der Waals surface area contributed by atoms with Gasteiger partial charge in [-0.2, -0.15) is 0 Å². The van der Waals surface area contributed by atoms with Crippen molar-refractivity contribution < 1.29 is 4.79 Å². The maximum Gasteiger partial charge on any atom is 0.220 e. The van der Waals surface area contributed by atoms with Crippen LogP contribution in [0.2, 0.25) is 0 Å². The molecule has 0 aliphatic carbocycles. The molecule has 0 radical (unpaired) electrons. The summed E-state index contributed by atoms with van der Waals surface area (Å²) in [5.41, 5.74) is 0. The highest BCUT2D eigenvalue weighted by molar-refractivity contribution is 5.85. The van der Waals surface area contributed by atoms with E-state index in [1.54, 1.807) is 0 Å². The standard InChI is InChI=1S/C11H24N2O.ClH/c1-4-7-10(5-2)13-11(14)8-6-9-12-3;/h10,12H,4-9H2,1-3H3,(H,13,14);1H. The van der Waals surface area contributed by atoms with E-state index in [-0.39, 0.29) is 18.3 Å². The van der Waals surface area contributed by atoms with Crippen LogP contribution >= 0.6 is 12.4 Å². The van der Waals surface area contributed by atoms with Crippen molar-refractivity contribution >= 4 is 18.3 Å². The maximum absolute atomic E-state index is 11.4. The quantitative estimate of drug-likeness (QED) is 0.634. The molecule has 0 bridgehead atoms. The van der Waals surface area contributed by atoms with Gasteiger partial charge >= 0.3 is 0 Å². The summed E-state index contributed by atoms with van der Waals surface area (Å²) in [4.78, 5) is 11.4. The average Bonchev–Trinajstić information content (AvgIpc) is 2.17. The van der Waals surface area contributed by atoms with Gasteiger partial charge in [0.1, 0.15) is 0 Å². The molecule has 92 valence electrons. The molecule has 0 aliphatic heterocycles. The molecule has 3 nitrogen and oxygen atoms in total. The van der Waals surface area contributed by atoms with E-state index in [0.29, 0.717) is 12.5 Å². The van der Waals surface area contributed by atoms with Crippen molar-refractivity contribution in [3.8, 4) is 0 Å². The lowest BCUT2D eigenvalue weighted by Crippen LogP contribution is -2.34. The van der Waals surface area contributed by atoms with E-state index in [1.807, 2.05) is 7.05 Å². The second-order valence-electron chi connectivity index (χ2n) is 3.67. The monoisotopic (exact) mass is 236 g/mol. The zero-order chi connectivity index (χ0) is 10.8. The summed E-state index contributed by atoms with van der Waals surface area (Å²) in [6.07, 6.45) is 4.82. The van der Waals surface area contributed by atoms with Gasteiger partial charge in [-0.1, -0.05) is 20.3 Å². The van der Waals surface area contributed by atoms with E-state index in [9.17, 15) is 4.79 Å². The van der Waals surface area contributed by atoms with Crippen LogP contribution in [-0.4, -0.2) is 25.5 Å². The van der Waals surface area contributed by atoms with Crippen LogP contribution in [0.3, 0.4) is 0 Å². The fourth-order valence-electron chi connectivity index (χ4n) is 1.45. The second kappa shape index (κ2) is 11.8. The SMILES string of the molecule is CCCC(CC)NC(=O)CCCNC.Cl. The fraction of sp³-hybridized carbons (Fsp3) is 0.909. The molecular formula is C11H25ClN2O. The molecule has 0 aliphatic rings. The lowest BCUT2D eigenvalue weighted by Gasteiger charge is -2.15. The number of amides is 1. The lowest BCUT2D eigenvalue weighted by atomic mass is 10.1. The van der Waals surface area contributed by atoms with Crippen molar-refractivity contribution in [1.82, 2.24) is 10.6 Å². The molecule has 0 spiro atoms.